The molecule has 0 atom stereocenters. The maximum atomic E-state index is 13.1. The molecule has 1 aliphatic carbocycles. The Hall–Kier alpha value is -2.32. The minimum absolute atomic E-state index is 0.101. The van der Waals surface area contributed by atoms with E-state index in [-0.39, 0.29) is 28.3 Å². The summed E-state index contributed by atoms with van der Waals surface area (Å²) >= 11 is 11.2. The third-order valence-corrected chi connectivity index (χ3v) is 6.49. The number of rotatable bonds is 3. The van der Waals surface area contributed by atoms with Gasteiger partial charge in [0.25, 0.3) is 5.91 Å². The topological polar surface area (TPSA) is 36.7 Å². The molecule has 0 unspecified atom stereocenters. The fourth-order valence-electron chi connectivity index (χ4n) is 4.05. The van der Waals surface area contributed by atoms with Crippen molar-refractivity contribution in [3.63, 3.8) is 0 Å². The predicted octanol–water partition coefficient (Wildman–Crippen LogP) is 6.35. The Labute approximate surface area is 188 Å². The molecule has 0 bridgehead atoms. The molecule has 31 heavy (non-hydrogen) atoms. The summed E-state index contributed by atoms with van der Waals surface area (Å²) in [6.45, 7) is 0. The van der Waals surface area contributed by atoms with E-state index in [1.807, 2.05) is 0 Å². The number of furan rings is 1. The Balaban J connectivity index is 1.61. The van der Waals surface area contributed by atoms with Gasteiger partial charge in [-0.3, -0.25) is 9.69 Å². The van der Waals surface area contributed by atoms with Crippen molar-refractivity contribution in [1.29, 1.82) is 0 Å². The van der Waals surface area contributed by atoms with Gasteiger partial charge in [0.15, 0.2) is 5.11 Å². The van der Waals surface area contributed by atoms with Gasteiger partial charge in [0.1, 0.15) is 17.2 Å². The lowest BCUT2D eigenvalue weighted by Gasteiger charge is -2.30. The second-order valence-corrected chi connectivity index (χ2v) is 8.50. The maximum Gasteiger partial charge on any atom is 0.417 e. The van der Waals surface area contributed by atoms with Crippen LogP contribution >= 0.6 is 23.8 Å². The molecule has 1 aromatic heterocycles. The summed E-state index contributed by atoms with van der Waals surface area (Å²) in [5, 5.41) is 0.0853. The number of carbonyl (C=O) groups excluding carboxylic acids is 1. The van der Waals surface area contributed by atoms with E-state index in [2.05, 4.69) is 0 Å². The first-order valence-corrected chi connectivity index (χ1v) is 10.8. The summed E-state index contributed by atoms with van der Waals surface area (Å²) < 4.78 is 45.2. The van der Waals surface area contributed by atoms with Crippen molar-refractivity contribution in [2.45, 2.75) is 44.3 Å². The molecule has 1 aliphatic heterocycles. The van der Waals surface area contributed by atoms with Gasteiger partial charge < -0.3 is 9.32 Å². The number of halogens is 4. The van der Waals surface area contributed by atoms with Crippen LogP contribution in [-0.4, -0.2) is 33.9 Å². The molecule has 4 nitrogen and oxygen atoms in total. The number of nitrogens with zero attached hydrogens (tertiary/aromatic N) is 2. The van der Waals surface area contributed by atoms with E-state index in [1.54, 1.807) is 35.1 Å². The zero-order chi connectivity index (χ0) is 22.3. The molecule has 1 saturated heterocycles. The molecule has 4 rings (SSSR count). The SMILES string of the molecule is CN1C(=S)N(C2CCCCC2)C(=O)/C1=C/c1ccc(-c2ccc(Cl)c(C(F)(F)F)c2)o1. The standard InChI is InChI=1S/C22H20ClF3N2O2S/c1-27-18(20(29)28(21(27)31)14-5-3-2-4-6-14)12-15-8-10-19(30-15)13-7-9-17(23)16(11-13)22(24,25)26/h7-12,14H,2-6H2,1H3/b18-12-. The first-order chi connectivity index (χ1) is 14.7. The van der Waals surface area contributed by atoms with Crippen LogP contribution in [0.25, 0.3) is 17.4 Å². The summed E-state index contributed by atoms with van der Waals surface area (Å²) in [5.74, 6) is 0.416. The highest BCUT2D eigenvalue weighted by molar-refractivity contribution is 7.80. The smallest absolute Gasteiger partial charge is 0.417 e. The van der Waals surface area contributed by atoms with Crippen LogP contribution in [0.4, 0.5) is 13.2 Å². The molecule has 0 radical (unpaired) electrons. The number of thiocarbonyl (C=S) groups is 1. The first kappa shape index (κ1) is 21.9. The lowest BCUT2D eigenvalue weighted by molar-refractivity contribution is -0.137. The fourth-order valence-corrected chi connectivity index (χ4v) is 4.61. The predicted molar refractivity (Wildman–Crippen MR) is 116 cm³/mol. The van der Waals surface area contributed by atoms with Crippen LogP contribution in [0.3, 0.4) is 0 Å². The van der Waals surface area contributed by atoms with E-state index in [0.29, 0.717) is 16.6 Å². The molecule has 2 aliphatic rings. The van der Waals surface area contributed by atoms with Gasteiger partial charge in [-0.05, 0) is 55.4 Å². The molecule has 164 valence electrons. The Kier molecular flexibility index (Phi) is 5.87. The van der Waals surface area contributed by atoms with Crippen LogP contribution in [0.2, 0.25) is 5.02 Å². The molecule has 1 saturated carbocycles. The molecule has 0 N–H and O–H groups in total. The molecule has 2 aromatic rings. The number of amides is 1. The van der Waals surface area contributed by atoms with Gasteiger partial charge in [-0.25, -0.2) is 0 Å². The average molecular weight is 469 g/mol. The van der Waals surface area contributed by atoms with Crippen molar-refractivity contribution in [3.8, 4) is 11.3 Å². The van der Waals surface area contributed by atoms with Gasteiger partial charge in [-0.2, -0.15) is 13.2 Å². The van der Waals surface area contributed by atoms with Crippen molar-refractivity contribution >= 4 is 40.9 Å². The van der Waals surface area contributed by atoms with E-state index < -0.39 is 11.7 Å². The van der Waals surface area contributed by atoms with Crippen molar-refractivity contribution in [2.75, 3.05) is 7.05 Å². The number of hydrogen-bond acceptors (Lipinski definition) is 3. The fraction of sp³-hybridized carbons (Fsp3) is 0.364. The quantitative estimate of drug-likeness (QED) is 0.388. The van der Waals surface area contributed by atoms with Crippen LogP contribution in [-0.2, 0) is 11.0 Å². The highest BCUT2D eigenvalue weighted by Gasteiger charge is 2.40. The number of hydrogen-bond donors (Lipinski definition) is 0. The number of carbonyl (C=O) groups is 1. The van der Waals surface area contributed by atoms with Crippen LogP contribution < -0.4 is 0 Å². The Morgan fingerprint density at radius 2 is 1.87 bits per heavy atom. The molecule has 2 heterocycles. The van der Waals surface area contributed by atoms with Crippen molar-refractivity contribution in [1.82, 2.24) is 9.80 Å². The molecular formula is C22H20ClF3N2O2S. The third kappa shape index (κ3) is 4.23. The lowest BCUT2D eigenvalue weighted by atomic mass is 9.94. The number of likely N-dealkylation sites (N-methyl/N-ethyl adjacent to an activating group) is 1. The summed E-state index contributed by atoms with van der Waals surface area (Å²) in [7, 11) is 1.73. The molecule has 1 amide bonds. The van der Waals surface area contributed by atoms with Crippen molar-refractivity contribution < 1.29 is 22.4 Å². The highest BCUT2D eigenvalue weighted by Crippen LogP contribution is 2.38. The summed E-state index contributed by atoms with van der Waals surface area (Å²) in [6.07, 6.45) is 2.17. The molecule has 1 aromatic carbocycles. The van der Waals surface area contributed by atoms with Gasteiger partial charge in [0.2, 0.25) is 0 Å². The number of benzene rings is 1. The van der Waals surface area contributed by atoms with Gasteiger partial charge in [0.05, 0.1) is 10.6 Å². The molecule has 9 heteroatoms. The van der Waals surface area contributed by atoms with Crippen molar-refractivity contribution in [2.24, 2.45) is 0 Å². The Morgan fingerprint density at radius 1 is 1.16 bits per heavy atom. The summed E-state index contributed by atoms with van der Waals surface area (Å²) in [4.78, 5) is 16.4. The highest BCUT2D eigenvalue weighted by atomic mass is 35.5. The number of alkyl halides is 3. The minimum Gasteiger partial charge on any atom is -0.457 e. The largest absolute Gasteiger partial charge is 0.457 e. The van der Waals surface area contributed by atoms with Gasteiger partial charge in [-0.1, -0.05) is 30.9 Å². The Bertz CT molecular complexity index is 1060. The van der Waals surface area contributed by atoms with Gasteiger partial charge in [-0.15, -0.1) is 0 Å². The first-order valence-electron chi connectivity index (χ1n) is 9.96. The summed E-state index contributed by atoms with van der Waals surface area (Å²) in [6, 6.07) is 6.87. The van der Waals surface area contributed by atoms with Crippen molar-refractivity contribution in [3.05, 3.63) is 52.4 Å². The molecular weight excluding hydrogens is 449 g/mol. The van der Waals surface area contributed by atoms with E-state index in [0.717, 1.165) is 31.7 Å². The van der Waals surface area contributed by atoms with Crippen LogP contribution in [0.15, 0.2) is 40.4 Å². The molecule has 2 fully saturated rings. The second kappa shape index (κ2) is 8.31. The van der Waals surface area contributed by atoms with E-state index in [4.69, 9.17) is 28.2 Å². The normalized spacial score (nSPS) is 19.7. The zero-order valence-corrected chi connectivity index (χ0v) is 18.3. The zero-order valence-electron chi connectivity index (χ0n) is 16.7. The molecule has 0 spiro atoms. The second-order valence-electron chi connectivity index (χ2n) is 7.73. The van der Waals surface area contributed by atoms with Gasteiger partial charge >= 0.3 is 6.18 Å². The van der Waals surface area contributed by atoms with Crippen LogP contribution in [0.5, 0.6) is 0 Å². The summed E-state index contributed by atoms with van der Waals surface area (Å²) in [5.41, 5.74) is -0.308. The average Bonchev–Trinajstić information content (AvgIpc) is 3.27. The Morgan fingerprint density at radius 3 is 2.55 bits per heavy atom. The van der Waals surface area contributed by atoms with Gasteiger partial charge in [0, 0.05) is 24.7 Å². The van der Waals surface area contributed by atoms with Crippen LogP contribution in [0, 0.1) is 0 Å². The van der Waals surface area contributed by atoms with E-state index in [9.17, 15) is 18.0 Å². The van der Waals surface area contributed by atoms with E-state index in [1.165, 1.54) is 18.6 Å². The monoisotopic (exact) mass is 468 g/mol. The van der Waals surface area contributed by atoms with Crippen LogP contribution in [0.1, 0.15) is 43.4 Å². The maximum absolute atomic E-state index is 13.1. The van der Waals surface area contributed by atoms with E-state index >= 15 is 0 Å². The lowest BCUT2D eigenvalue weighted by Crippen LogP contribution is -2.41. The minimum atomic E-state index is -4.57. The third-order valence-electron chi connectivity index (χ3n) is 5.69.